The third-order valence-corrected chi connectivity index (χ3v) is 3.87. The highest BCUT2D eigenvalue weighted by molar-refractivity contribution is 5.85. The highest BCUT2D eigenvalue weighted by atomic mass is 16.5. The second kappa shape index (κ2) is 8.16. The van der Waals surface area contributed by atoms with Gasteiger partial charge in [-0.15, -0.1) is 6.58 Å². The van der Waals surface area contributed by atoms with Crippen molar-refractivity contribution in [1.29, 1.82) is 0 Å². The molecule has 5 heteroatoms. The van der Waals surface area contributed by atoms with Crippen LogP contribution in [0.3, 0.4) is 0 Å². The number of hydrogen-bond donors (Lipinski definition) is 2. The fourth-order valence-corrected chi connectivity index (χ4v) is 2.55. The topological polar surface area (TPSA) is 63.2 Å². The number of rotatable bonds is 7. The lowest BCUT2D eigenvalue weighted by molar-refractivity contribution is -0.121. The van der Waals surface area contributed by atoms with Crippen LogP contribution in [0.15, 0.2) is 73.4 Å². The second-order valence-corrected chi connectivity index (χ2v) is 5.86. The van der Waals surface area contributed by atoms with Crippen LogP contribution in [-0.2, 0) is 4.79 Å². The Morgan fingerprint density at radius 3 is 2.73 bits per heavy atom. The van der Waals surface area contributed by atoms with Gasteiger partial charge in [0.1, 0.15) is 17.3 Å². The van der Waals surface area contributed by atoms with E-state index in [0.29, 0.717) is 18.0 Å². The van der Waals surface area contributed by atoms with E-state index in [2.05, 4.69) is 22.2 Å². The molecule has 1 unspecified atom stereocenters. The number of nitrogens with zero attached hydrogens (tertiary/aromatic N) is 1. The van der Waals surface area contributed by atoms with E-state index in [1.54, 1.807) is 12.3 Å². The monoisotopic (exact) mass is 347 g/mol. The third-order valence-electron chi connectivity index (χ3n) is 3.87. The van der Waals surface area contributed by atoms with Crippen LogP contribution in [0.5, 0.6) is 11.5 Å². The normalized spacial score (nSPS) is 11.6. The number of anilines is 1. The van der Waals surface area contributed by atoms with Crippen molar-refractivity contribution in [3.05, 3.63) is 73.4 Å². The summed E-state index contributed by atoms with van der Waals surface area (Å²) in [7, 11) is 0. The predicted octanol–water partition coefficient (Wildman–Crippen LogP) is 4.13. The summed E-state index contributed by atoms with van der Waals surface area (Å²) in [4.78, 5) is 16.3. The van der Waals surface area contributed by atoms with Gasteiger partial charge in [0.05, 0.1) is 0 Å². The average Bonchev–Trinajstić information content (AvgIpc) is 2.68. The predicted molar refractivity (Wildman–Crippen MR) is 105 cm³/mol. The molecule has 0 aliphatic heterocycles. The first kappa shape index (κ1) is 17.5. The summed E-state index contributed by atoms with van der Waals surface area (Å²) in [6.07, 6.45) is 3.40. The summed E-state index contributed by atoms with van der Waals surface area (Å²) in [6, 6.07) is 16.9. The van der Waals surface area contributed by atoms with Crippen molar-refractivity contribution in [3.8, 4) is 11.5 Å². The number of carbonyl (C=O) groups excluding carboxylic acids is 1. The number of aromatic nitrogens is 1. The number of nitrogens with one attached hydrogen (secondary N) is 2. The number of carbonyl (C=O) groups is 1. The van der Waals surface area contributed by atoms with Gasteiger partial charge < -0.3 is 15.4 Å². The molecular formula is C21H21N3O2. The molecule has 0 aliphatic rings. The van der Waals surface area contributed by atoms with Gasteiger partial charge in [0.15, 0.2) is 5.75 Å². The lowest BCUT2D eigenvalue weighted by Gasteiger charge is -2.15. The number of pyridine rings is 1. The number of benzene rings is 2. The Balaban J connectivity index is 1.68. The molecule has 26 heavy (non-hydrogen) atoms. The van der Waals surface area contributed by atoms with Gasteiger partial charge in [-0.05, 0) is 43.3 Å². The van der Waals surface area contributed by atoms with E-state index in [-0.39, 0.29) is 11.9 Å². The van der Waals surface area contributed by atoms with E-state index in [1.165, 1.54) is 0 Å². The summed E-state index contributed by atoms with van der Waals surface area (Å²) >= 11 is 0. The molecule has 0 saturated heterocycles. The van der Waals surface area contributed by atoms with Crippen molar-refractivity contribution in [2.24, 2.45) is 0 Å². The molecular weight excluding hydrogens is 326 g/mol. The van der Waals surface area contributed by atoms with Crippen molar-refractivity contribution < 1.29 is 9.53 Å². The SMILES string of the molecule is C=CCNC(=O)C(C)Nc1ccc(Oc2cccc3cccnc23)cc1. The van der Waals surface area contributed by atoms with Crippen LogP contribution in [0, 0.1) is 0 Å². The van der Waals surface area contributed by atoms with Crippen LogP contribution in [0.25, 0.3) is 10.9 Å². The number of hydrogen-bond acceptors (Lipinski definition) is 4. The molecule has 2 aromatic carbocycles. The van der Waals surface area contributed by atoms with Crippen LogP contribution >= 0.6 is 0 Å². The fraction of sp³-hybridized carbons (Fsp3) is 0.143. The Labute approximate surface area is 152 Å². The van der Waals surface area contributed by atoms with E-state index < -0.39 is 0 Å². The zero-order chi connectivity index (χ0) is 18.4. The van der Waals surface area contributed by atoms with Gasteiger partial charge in [-0.25, -0.2) is 0 Å². The minimum absolute atomic E-state index is 0.0768. The standard InChI is InChI=1S/C21H21N3O2/c1-3-13-23-21(25)15(2)24-17-9-11-18(12-10-17)26-19-8-4-6-16-7-5-14-22-20(16)19/h3-12,14-15,24H,1,13H2,2H3,(H,23,25). The van der Waals surface area contributed by atoms with Crippen LogP contribution in [0.2, 0.25) is 0 Å². The molecule has 0 radical (unpaired) electrons. The zero-order valence-electron chi connectivity index (χ0n) is 14.6. The van der Waals surface area contributed by atoms with Crippen molar-refractivity contribution in [2.45, 2.75) is 13.0 Å². The summed E-state index contributed by atoms with van der Waals surface area (Å²) in [5, 5.41) is 6.95. The van der Waals surface area contributed by atoms with E-state index >= 15 is 0 Å². The quantitative estimate of drug-likeness (QED) is 0.631. The second-order valence-electron chi connectivity index (χ2n) is 5.86. The van der Waals surface area contributed by atoms with Crippen LogP contribution in [0.4, 0.5) is 5.69 Å². The zero-order valence-corrected chi connectivity index (χ0v) is 14.6. The maximum Gasteiger partial charge on any atom is 0.242 e. The smallest absolute Gasteiger partial charge is 0.242 e. The van der Waals surface area contributed by atoms with Crippen molar-refractivity contribution in [2.75, 3.05) is 11.9 Å². The van der Waals surface area contributed by atoms with Gasteiger partial charge in [0, 0.05) is 23.8 Å². The van der Waals surface area contributed by atoms with Gasteiger partial charge in [-0.2, -0.15) is 0 Å². The molecule has 0 aliphatic carbocycles. The van der Waals surface area contributed by atoms with Gasteiger partial charge in [-0.1, -0.05) is 24.3 Å². The lowest BCUT2D eigenvalue weighted by atomic mass is 10.2. The number of ether oxygens (including phenoxy) is 1. The minimum Gasteiger partial charge on any atom is -0.455 e. The summed E-state index contributed by atoms with van der Waals surface area (Å²) in [5.74, 6) is 1.34. The molecule has 132 valence electrons. The molecule has 3 rings (SSSR count). The molecule has 0 saturated carbocycles. The largest absolute Gasteiger partial charge is 0.455 e. The average molecular weight is 347 g/mol. The molecule has 1 amide bonds. The highest BCUT2D eigenvalue weighted by Gasteiger charge is 2.11. The Morgan fingerprint density at radius 1 is 1.19 bits per heavy atom. The summed E-state index contributed by atoms with van der Waals surface area (Å²) in [6.45, 7) is 5.85. The van der Waals surface area contributed by atoms with Crippen molar-refractivity contribution in [3.63, 3.8) is 0 Å². The number of amides is 1. The van der Waals surface area contributed by atoms with Gasteiger partial charge >= 0.3 is 0 Å². The van der Waals surface area contributed by atoms with Gasteiger partial charge in [-0.3, -0.25) is 9.78 Å². The van der Waals surface area contributed by atoms with Crippen molar-refractivity contribution in [1.82, 2.24) is 10.3 Å². The van der Waals surface area contributed by atoms with E-state index in [4.69, 9.17) is 4.74 Å². The Morgan fingerprint density at radius 2 is 1.96 bits per heavy atom. The van der Waals surface area contributed by atoms with Crippen LogP contribution in [0.1, 0.15) is 6.92 Å². The molecule has 1 atom stereocenters. The van der Waals surface area contributed by atoms with Crippen molar-refractivity contribution >= 4 is 22.5 Å². The lowest BCUT2D eigenvalue weighted by Crippen LogP contribution is -2.37. The Kier molecular flexibility index (Phi) is 5.49. The third kappa shape index (κ3) is 4.19. The molecule has 0 spiro atoms. The summed E-state index contributed by atoms with van der Waals surface area (Å²) in [5.41, 5.74) is 1.67. The molecule has 1 heterocycles. The molecule has 0 fully saturated rings. The first-order valence-electron chi connectivity index (χ1n) is 8.44. The highest BCUT2D eigenvalue weighted by Crippen LogP contribution is 2.28. The number of para-hydroxylation sites is 1. The first-order valence-corrected chi connectivity index (χ1v) is 8.44. The molecule has 3 aromatic rings. The van der Waals surface area contributed by atoms with E-state index in [9.17, 15) is 4.79 Å². The molecule has 0 bridgehead atoms. The molecule has 2 N–H and O–H groups in total. The maximum atomic E-state index is 11.9. The van der Waals surface area contributed by atoms with Crippen LogP contribution < -0.4 is 15.4 Å². The minimum atomic E-state index is -0.344. The van der Waals surface area contributed by atoms with E-state index in [1.807, 2.05) is 61.5 Å². The van der Waals surface area contributed by atoms with E-state index in [0.717, 1.165) is 16.6 Å². The van der Waals surface area contributed by atoms with Gasteiger partial charge in [0.2, 0.25) is 5.91 Å². The fourth-order valence-electron chi connectivity index (χ4n) is 2.55. The molecule has 1 aromatic heterocycles. The number of fused-ring (bicyclic) bond motifs is 1. The van der Waals surface area contributed by atoms with Crippen LogP contribution in [-0.4, -0.2) is 23.5 Å². The first-order chi connectivity index (χ1) is 12.7. The maximum absolute atomic E-state index is 11.9. The Bertz CT molecular complexity index is 901. The molecule has 5 nitrogen and oxygen atoms in total. The van der Waals surface area contributed by atoms with Gasteiger partial charge in [0.25, 0.3) is 0 Å². The summed E-state index contributed by atoms with van der Waals surface area (Å²) < 4.78 is 5.97. The Hall–Kier alpha value is -3.34.